The number of hydrogen-bond donors (Lipinski definition) is 1. The molecule has 1 aliphatic rings. The van der Waals surface area contributed by atoms with Gasteiger partial charge in [-0.05, 0) is 35.1 Å². The number of likely N-dealkylation sites (N-methyl/N-ethyl adjacent to an activating group) is 1. The lowest BCUT2D eigenvalue weighted by Crippen LogP contribution is -2.43. The van der Waals surface area contributed by atoms with E-state index in [9.17, 15) is 14.7 Å². The molecule has 0 saturated carbocycles. The van der Waals surface area contributed by atoms with Gasteiger partial charge in [0.2, 0.25) is 0 Å². The molecule has 3 aromatic rings. The molecule has 0 saturated heterocycles. The molecule has 2 aromatic carbocycles. The summed E-state index contributed by atoms with van der Waals surface area (Å²) in [5.41, 5.74) is 4.54. The average Bonchev–Trinajstić information content (AvgIpc) is 3.41. The molecule has 0 aliphatic heterocycles. The number of nitrogens with zero attached hydrogens (tertiary/aromatic N) is 3. The van der Waals surface area contributed by atoms with Crippen molar-refractivity contribution >= 4 is 12.1 Å². The van der Waals surface area contributed by atoms with Crippen LogP contribution in [0.1, 0.15) is 29.9 Å². The summed E-state index contributed by atoms with van der Waals surface area (Å²) in [4.78, 5) is 29.6. The van der Waals surface area contributed by atoms with E-state index < -0.39 is 18.1 Å². The maximum absolute atomic E-state index is 12.7. The first-order valence-electron chi connectivity index (χ1n) is 10.3. The number of rotatable bonds is 8. The molecule has 1 amide bonds. The summed E-state index contributed by atoms with van der Waals surface area (Å²) in [5.74, 6) is -1.10. The fraction of sp³-hybridized carbons (Fsp3) is 0.292. The Morgan fingerprint density at radius 2 is 1.77 bits per heavy atom. The molecular weight excluding hydrogens is 394 g/mol. The maximum Gasteiger partial charge on any atom is 0.410 e. The van der Waals surface area contributed by atoms with Crippen LogP contribution in [0.2, 0.25) is 0 Å². The van der Waals surface area contributed by atoms with Crippen LogP contribution in [0.15, 0.2) is 67.3 Å². The molecule has 1 aromatic heterocycles. The van der Waals surface area contributed by atoms with Crippen molar-refractivity contribution in [3.8, 4) is 11.1 Å². The summed E-state index contributed by atoms with van der Waals surface area (Å²) < 4.78 is 7.47. The fourth-order valence-corrected chi connectivity index (χ4v) is 4.19. The normalized spacial score (nSPS) is 13.3. The van der Waals surface area contributed by atoms with Crippen LogP contribution in [-0.2, 0) is 16.1 Å². The zero-order valence-electron chi connectivity index (χ0n) is 17.3. The Hall–Kier alpha value is -3.61. The predicted octanol–water partition coefficient (Wildman–Crippen LogP) is 4.00. The third kappa shape index (κ3) is 4.30. The molecule has 4 rings (SSSR count). The van der Waals surface area contributed by atoms with Gasteiger partial charge in [-0.15, -0.1) is 0 Å². The Kier molecular flexibility index (Phi) is 6.02. The molecule has 0 radical (unpaired) electrons. The van der Waals surface area contributed by atoms with Crippen molar-refractivity contribution in [3.63, 3.8) is 0 Å². The number of aromatic nitrogens is 2. The van der Waals surface area contributed by atoms with Crippen molar-refractivity contribution in [2.24, 2.45) is 0 Å². The number of benzene rings is 2. The van der Waals surface area contributed by atoms with Gasteiger partial charge >= 0.3 is 12.1 Å². The minimum atomic E-state index is -1.04. The summed E-state index contributed by atoms with van der Waals surface area (Å²) in [6.07, 6.45) is 5.49. The minimum absolute atomic E-state index is 0.0609. The van der Waals surface area contributed by atoms with Gasteiger partial charge in [0, 0.05) is 31.9 Å². The number of aryl methyl sites for hydroxylation is 1. The van der Waals surface area contributed by atoms with Crippen LogP contribution in [0.4, 0.5) is 4.79 Å². The molecule has 160 valence electrons. The average molecular weight is 419 g/mol. The summed E-state index contributed by atoms with van der Waals surface area (Å²) in [7, 11) is 1.48. The van der Waals surface area contributed by atoms with Crippen LogP contribution in [0.25, 0.3) is 11.1 Å². The van der Waals surface area contributed by atoms with Crippen molar-refractivity contribution in [1.29, 1.82) is 0 Å². The van der Waals surface area contributed by atoms with E-state index in [0.29, 0.717) is 19.4 Å². The Balaban J connectivity index is 1.39. The molecule has 1 atom stereocenters. The van der Waals surface area contributed by atoms with Crippen molar-refractivity contribution < 1.29 is 19.4 Å². The van der Waals surface area contributed by atoms with Gasteiger partial charge in [0.1, 0.15) is 12.6 Å². The zero-order valence-corrected chi connectivity index (χ0v) is 17.3. The summed E-state index contributed by atoms with van der Waals surface area (Å²) in [5, 5.41) is 9.62. The van der Waals surface area contributed by atoms with Crippen molar-refractivity contribution in [3.05, 3.63) is 78.4 Å². The Morgan fingerprint density at radius 3 is 2.35 bits per heavy atom. The quantitative estimate of drug-likeness (QED) is 0.597. The van der Waals surface area contributed by atoms with E-state index in [-0.39, 0.29) is 12.5 Å². The Labute approximate surface area is 180 Å². The first-order valence-corrected chi connectivity index (χ1v) is 10.3. The van der Waals surface area contributed by atoms with Crippen molar-refractivity contribution in [1.82, 2.24) is 14.5 Å². The number of imidazole rings is 1. The van der Waals surface area contributed by atoms with E-state index in [4.69, 9.17) is 4.74 Å². The van der Waals surface area contributed by atoms with Crippen LogP contribution < -0.4 is 0 Å². The molecule has 0 fully saturated rings. The predicted molar refractivity (Wildman–Crippen MR) is 116 cm³/mol. The second-order valence-corrected chi connectivity index (χ2v) is 7.71. The van der Waals surface area contributed by atoms with E-state index in [1.807, 2.05) is 47.2 Å². The third-order valence-corrected chi connectivity index (χ3v) is 5.83. The lowest BCUT2D eigenvalue weighted by atomic mass is 9.98. The lowest BCUT2D eigenvalue weighted by Gasteiger charge is -2.25. The van der Waals surface area contributed by atoms with Gasteiger partial charge in [0.25, 0.3) is 0 Å². The number of ether oxygens (including phenoxy) is 1. The monoisotopic (exact) mass is 419 g/mol. The SMILES string of the molecule is CN(C(=O)OCC1c2ccccc2-c2ccccc21)C(CCCn1ccnc1)C(=O)O. The highest BCUT2D eigenvalue weighted by Gasteiger charge is 2.31. The number of aliphatic carboxylic acids is 1. The van der Waals surface area contributed by atoms with E-state index in [1.54, 1.807) is 12.5 Å². The molecule has 1 heterocycles. The molecule has 7 nitrogen and oxygen atoms in total. The molecule has 1 aliphatic carbocycles. The number of fused-ring (bicyclic) bond motifs is 3. The van der Waals surface area contributed by atoms with Crippen LogP contribution in [-0.4, -0.2) is 51.3 Å². The highest BCUT2D eigenvalue weighted by Crippen LogP contribution is 2.44. The van der Waals surface area contributed by atoms with Gasteiger partial charge in [-0.25, -0.2) is 14.6 Å². The van der Waals surface area contributed by atoms with Crippen LogP contribution >= 0.6 is 0 Å². The van der Waals surface area contributed by atoms with E-state index in [0.717, 1.165) is 22.3 Å². The third-order valence-electron chi connectivity index (χ3n) is 5.83. The number of carboxylic acids is 1. The lowest BCUT2D eigenvalue weighted by molar-refractivity contribution is -0.142. The van der Waals surface area contributed by atoms with E-state index >= 15 is 0 Å². The largest absolute Gasteiger partial charge is 0.480 e. The van der Waals surface area contributed by atoms with E-state index in [1.165, 1.54) is 11.9 Å². The minimum Gasteiger partial charge on any atom is -0.480 e. The first-order chi connectivity index (χ1) is 15.1. The van der Waals surface area contributed by atoms with Gasteiger partial charge in [-0.1, -0.05) is 48.5 Å². The molecule has 31 heavy (non-hydrogen) atoms. The maximum atomic E-state index is 12.7. The number of carbonyl (C=O) groups is 2. The molecule has 0 spiro atoms. The second-order valence-electron chi connectivity index (χ2n) is 7.71. The standard InChI is InChI=1S/C24H25N3O4/c1-26(22(23(28)29)11-6-13-27-14-12-25-16-27)24(30)31-15-21-19-9-4-2-7-17(19)18-8-3-5-10-20(18)21/h2-5,7-10,12,14,16,21-22H,6,11,13,15H2,1H3,(H,28,29). The molecule has 1 N–H and O–H groups in total. The number of carboxylic acid groups (broad SMARTS) is 1. The molecular formula is C24H25N3O4. The smallest absolute Gasteiger partial charge is 0.410 e. The summed E-state index contributed by atoms with van der Waals surface area (Å²) in [6, 6.07) is 15.3. The van der Waals surface area contributed by atoms with Gasteiger partial charge in [0.05, 0.1) is 6.33 Å². The van der Waals surface area contributed by atoms with Gasteiger partial charge in [0.15, 0.2) is 0 Å². The first kappa shape index (κ1) is 20.7. The Morgan fingerprint density at radius 1 is 1.13 bits per heavy atom. The fourth-order valence-electron chi connectivity index (χ4n) is 4.19. The highest BCUT2D eigenvalue weighted by atomic mass is 16.6. The van der Waals surface area contributed by atoms with Gasteiger partial charge in [-0.3, -0.25) is 4.90 Å². The second kappa shape index (κ2) is 9.04. The summed E-state index contributed by atoms with van der Waals surface area (Å²) in [6.45, 7) is 0.806. The number of hydrogen-bond acceptors (Lipinski definition) is 4. The van der Waals surface area contributed by atoms with Crippen molar-refractivity contribution in [2.75, 3.05) is 13.7 Å². The van der Waals surface area contributed by atoms with E-state index in [2.05, 4.69) is 17.1 Å². The van der Waals surface area contributed by atoms with Crippen LogP contribution in [0.3, 0.4) is 0 Å². The van der Waals surface area contributed by atoms with Gasteiger partial charge < -0.3 is 14.4 Å². The van der Waals surface area contributed by atoms with Crippen LogP contribution in [0, 0.1) is 0 Å². The van der Waals surface area contributed by atoms with Crippen LogP contribution in [0.5, 0.6) is 0 Å². The molecule has 1 unspecified atom stereocenters. The zero-order chi connectivity index (χ0) is 21.8. The number of amides is 1. The van der Waals surface area contributed by atoms with Gasteiger partial charge in [-0.2, -0.15) is 0 Å². The molecule has 0 bridgehead atoms. The summed E-state index contributed by atoms with van der Waals surface area (Å²) >= 11 is 0. The highest BCUT2D eigenvalue weighted by molar-refractivity contribution is 5.81. The van der Waals surface area contributed by atoms with Crippen molar-refractivity contribution in [2.45, 2.75) is 31.3 Å². The Bertz CT molecular complexity index is 1020. The topological polar surface area (TPSA) is 84.7 Å². The molecule has 7 heteroatoms. The number of carbonyl (C=O) groups excluding carboxylic acids is 1.